The Morgan fingerprint density at radius 3 is 2.81 bits per heavy atom. The second-order valence-corrected chi connectivity index (χ2v) is 8.55. The molecule has 31 heavy (non-hydrogen) atoms. The number of rotatable bonds is 6. The van der Waals surface area contributed by atoms with Crippen LogP contribution in [0.5, 0.6) is 17.2 Å². The van der Waals surface area contributed by atoms with Crippen LogP contribution in [-0.2, 0) is 13.0 Å². The fourth-order valence-corrected chi connectivity index (χ4v) is 4.55. The van der Waals surface area contributed by atoms with Crippen LogP contribution in [0.25, 0.3) is 6.08 Å². The standard InChI is InChI=1S/C25H23NO4S/c1-2-28-18-7-5-17(6-8-18)14-23-24(27)20-9-10-22-21(25(20)30-23)15-26(16-29-22)12-11-19-4-3-13-31-19/h3-10,13-14H,2,11-12,15-16H2,1H3/b23-14+. The molecule has 0 bridgehead atoms. The smallest absolute Gasteiger partial charge is 0.231 e. The summed E-state index contributed by atoms with van der Waals surface area (Å²) in [6, 6.07) is 15.5. The van der Waals surface area contributed by atoms with Crippen LogP contribution in [-0.4, -0.2) is 30.6 Å². The minimum atomic E-state index is -0.0950. The van der Waals surface area contributed by atoms with Crippen LogP contribution in [0.3, 0.4) is 0 Å². The molecule has 0 fully saturated rings. The van der Waals surface area contributed by atoms with E-state index in [-0.39, 0.29) is 5.78 Å². The Morgan fingerprint density at radius 2 is 2.03 bits per heavy atom. The van der Waals surface area contributed by atoms with Crippen molar-refractivity contribution in [2.24, 2.45) is 0 Å². The van der Waals surface area contributed by atoms with Crippen molar-refractivity contribution in [2.75, 3.05) is 19.9 Å². The molecule has 0 radical (unpaired) electrons. The third kappa shape index (κ3) is 4.09. The van der Waals surface area contributed by atoms with Crippen molar-refractivity contribution in [3.63, 3.8) is 0 Å². The summed E-state index contributed by atoms with van der Waals surface area (Å²) in [7, 11) is 0. The molecular weight excluding hydrogens is 410 g/mol. The predicted octanol–water partition coefficient (Wildman–Crippen LogP) is 5.16. The zero-order valence-corrected chi connectivity index (χ0v) is 18.1. The first-order valence-corrected chi connectivity index (χ1v) is 11.3. The number of allylic oxidation sites excluding steroid dienone is 1. The molecule has 0 N–H and O–H groups in total. The number of hydrogen-bond acceptors (Lipinski definition) is 6. The number of benzene rings is 2. The van der Waals surface area contributed by atoms with Gasteiger partial charge in [0.05, 0.1) is 17.7 Å². The molecule has 0 saturated carbocycles. The first kappa shape index (κ1) is 19.8. The summed E-state index contributed by atoms with van der Waals surface area (Å²) in [5, 5.41) is 2.10. The zero-order valence-electron chi connectivity index (χ0n) is 17.3. The Kier molecular flexibility index (Phi) is 5.49. The zero-order chi connectivity index (χ0) is 21.2. The molecule has 1 aromatic heterocycles. The van der Waals surface area contributed by atoms with E-state index in [1.165, 1.54) is 4.88 Å². The third-order valence-electron chi connectivity index (χ3n) is 5.43. The van der Waals surface area contributed by atoms with Gasteiger partial charge in [-0.15, -0.1) is 11.3 Å². The highest BCUT2D eigenvalue weighted by Crippen LogP contribution is 2.42. The Morgan fingerprint density at radius 1 is 1.16 bits per heavy atom. The highest BCUT2D eigenvalue weighted by atomic mass is 32.1. The lowest BCUT2D eigenvalue weighted by Crippen LogP contribution is -2.33. The molecular formula is C25H23NO4S. The van der Waals surface area contributed by atoms with Gasteiger partial charge in [-0.25, -0.2) is 0 Å². The lowest BCUT2D eigenvalue weighted by molar-refractivity contribution is 0.0951. The van der Waals surface area contributed by atoms with Crippen LogP contribution in [0.4, 0.5) is 0 Å². The normalized spacial score (nSPS) is 16.5. The number of hydrogen-bond donors (Lipinski definition) is 0. The van der Waals surface area contributed by atoms with Crippen LogP contribution in [0.1, 0.15) is 33.3 Å². The van der Waals surface area contributed by atoms with Crippen LogP contribution in [0, 0.1) is 0 Å². The molecule has 158 valence electrons. The number of nitrogens with zero attached hydrogens (tertiary/aromatic N) is 1. The summed E-state index contributed by atoms with van der Waals surface area (Å²) in [5.74, 6) is 2.47. The number of carbonyl (C=O) groups is 1. The maximum Gasteiger partial charge on any atom is 0.231 e. The summed E-state index contributed by atoms with van der Waals surface area (Å²) >= 11 is 1.77. The number of thiophene rings is 1. The van der Waals surface area contributed by atoms with Gasteiger partial charge in [-0.1, -0.05) is 18.2 Å². The van der Waals surface area contributed by atoms with E-state index in [0.29, 0.717) is 37.0 Å². The molecule has 5 nitrogen and oxygen atoms in total. The molecule has 2 aliphatic heterocycles. The first-order chi connectivity index (χ1) is 15.2. The molecule has 0 unspecified atom stereocenters. The summed E-state index contributed by atoms with van der Waals surface area (Å²) < 4.78 is 17.5. The monoisotopic (exact) mass is 433 g/mol. The SMILES string of the molecule is CCOc1ccc(/C=C2/Oc3c(ccc4c3CN(CCc3cccs3)CO4)C2=O)cc1. The van der Waals surface area contributed by atoms with Gasteiger partial charge in [-0.3, -0.25) is 9.69 Å². The highest BCUT2D eigenvalue weighted by Gasteiger charge is 2.33. The van der Waals surface area contributed by atoms with Gasteiger partial charge in [0, 0.05) is 18.0 Å². The number of fused-ring (bicyclic) bond motifs is 3. The molecule has 0 saturated heterocycles. The first-order valence-electron chi connectivity index (χ1n) is 10.4. The van der Waals surface area contributed by atoms with E-state index in [0.717, 1.165) is 35.6 Å². The van der Waals surface area contributed by atoms with E-state index in [2.05, 4.69) is 22.4 Å². The van der Waals surface area contributed by atoms with E-state index < -0.39 is 0 Å². The van der Waals surface area contributed by atoms with Crippen molar-refractivity contribution < 1.29 is 19.0 Å². The average Bonchev–Trinajstić information content (AvgIpc) is 3.42. The molecule has 0 spiro atoms. The van der Waals surface area contributed by atoms with E-state index in [1.54, 1.807) is 23.5 Å². The van der Waals surface area contributed by atoms with Gasteiger partial charge >= 0.3 is 0 Å². The molecule has 0 atom stereocenters. The summed E-state index contributed by atoms with van der Waals surface area (Å²) in [5.41, 5.74) is 2.43. The largest absolute Gasteiger partial charge is 0.494 e. The van der Waals surface area contributed by atoms with Crippen molar-refractivity contribution in [3.8, 4) is 17.2 Å². The summed E-state index contributed by atoms with van der Waals surface area (Å²) in [6.07, 6.45) is 2.76. The fraction of sp³-hybridized carbons (Fsp3) is 0.240. The third-order valence-corrected chi connectivity index (χ3v) is 6.36. The average molecular weight is 434 g/mol. The van der Waals surface area contributed by atoms with Crippen molar-refractivity contribution >= 4 is 23.2 Å². The van der Waals surface area contributed by atoms with Gasteiger partial charge in [0.2, 0.25) is 5.78 Å². The summed E-state index contributed by atoms with van der Waals surface area (Å²) in [4.78, 5) is 16.5. The Bertz CT molecular complexity index is 1120. The minimum absolute atomic E-state index is 0.0950. The maximum atomic E-state index is 12.9. The highest BCUT2D eigenvalue weighted by molar-refractivity contribution is 7.09. The number of Topliss-reactive ketones (excluding diaryl/α,β-unsaturated/α-hetero) is 1. The van der Waals surface area contributed by atoms with Crippen molar-refractivity contribution in [3.05, 3.63) is 81.2 Å². The quantitative estimate of drug-likeness (QED) is 0.503. The molecule has 2 aromatic carbocycles. The topological polar surface area (TPSA) is 48.0 Å². The van der Waals surface area contributed by atoms with Gasteiger partial charge in [-0.2, -0.15) is 0 Å². The number of carbonyl (C=O) groups excluding carboxylic acids is 1. The number of ketones is 1. The van der Waals surface area contributed by atoms with Crippen molar-refractivity contribution in [1.29, 1.82) is 0 Å². The van der Waals surface area contributed by atoms with Crippen molar-refractivity contribution in [2.45, 2.75) is 19.9 Å². The van der Waals surface area contributed by atoms with Crippen LogP contribution in [0.15, 0.2) is 59.7 Å². The molecule has 6 heteroatoms. The van der Waals surface area contributed by atoms with Gasteiger partial charge < -0.3 is 14.2 Å². The second kappa shape index (κ2) is 8.57. The van der Waals surface area contributed by atoms with E-state index >= 15 is 0 Å². The summed E-state index contributed by atoms with van der Waals surface area (Å²) in [6.45, 7) is 4.71. The number of ether oxygens (including phenoxy) is 3. The van der Waals surface area contributed by atoms with Crippen LogP contribution >= 0.6 is 11.3 Å². The van der Waals surface area contributed by atoms with Crippen molar-refractivity contribution in [1.82, 2.24) is 4.90 Å². The second-order valence-electron chi connectivity index (χ2n) is 7.52. The molecule has 2 aliphatic rings. The van der Waals surface area contributed by atoms with Crippen LogP contribution in [0.2, 0.25) is 0 Å². The lowest BCUT2D eigenvalue weighted by atomic mass is 10.0. The fourth-order valence-electron chi connectivity index (χ4n) is 3.85. The Hall–Kier alpha value is -3.09. The lowest BCUT2D eigenvalue weighted by Gasteiger charge is -2.29. The van der Waals surface area contributed by atoms with E-state index in [4.69, 9.17) is 14.2 Å². The van der Waals surface area contributed by atoms with Gasteiger partial charge in [0.25, 0.3) is 0 Å². The molecule has 5 rings (SSSR count). The van der Waals surface area contributed by atoms with Gasteiger partial charge in [0.1, 0.15) is 24.0 Å². The predicted molar refractivity (Wildman–Crippen MR) is 121 cm³/mol. The van der Waals surface area contributed by atoms with Crippen LogP contribution < -0.4 is 14.2 Å². The molecule has 3 heterocycles. The Labute approximate surface area is 185 Å². The van der Waals surface area contributed by atoms with E-state index in [9.17, 15) is 4.79 Å². The molecule has 3 aromatic rings. The van der Waals surface area contributed by atoms with Gasteiger partial charge in [-0.05, 0) is 60.7 Å². The Balaban J connectivity index is 1.35. The maximum absolute atomic E-state index is 12.9. The molecule has 0 amide bonds. The van der Waals surface area contributed by atoms with Gasteiger partial charge in [0.15, 0.2) is 5.76 Å². The molecule has 0 aliphatic carbocycles. The minimum Gasteiger partial charge on any atom is -0.494 e. The van der Waals surface area contributed by atoms with E-state index in [1.807, 2.05) is 37.3 Å².